The average molecular weight is 236 g/mol. The van der Waals surface area contributed by atoms with Crippen LogP contribution in [0, 0.1) is 22.7 Å². The SMILES string of the molecule is CCCC1=CC(C(C)(C)C)C(C(C)(C)C)C1=O. The second kappa shape index (κ2) is 4.59. The molecule has 0 saturated heterocycles. The van der Waals surface area contributed by atoms with Crippen molar-refractivity contribution in [3.63, 3.8) is 0 Å². The zero-order valence-corrected chi connectivity index (χ0v) is 12.6. The number of rotatable bonds is 2. The maximum absolute atomic E-state index is 12.5. The third-order valence-electron chi connectivity index (χ3n) is 3.79. The highest BCUT2D eigenvalue weighted by Gasteiger charge is 2.46. The summed E-state index contributed by atoms with van der Waals surface area (Å²) in [6.45, 7) is 15.5. The molecule has 0 radical (unpaired) electrons. The monoisotopic (exact) mass is 236 g/mol. The van der Waals surface area contributed by atoms with Crippen molar-refractivity contribution in [1.29, 1.82) is 0 Å². The van der Waals surface area contributed by atoms with Crippen molar-refractivity contribution in [1.82, 2.24) is 0 Å². The normalized spacial score (nSPS) is 26.3. The van der Waals surface area contributed by atoms with Gasteiger partial charge in [-0.15, -0.1) is 0 Å². The summed E-state index contributed by atoms with van der Waals surface area (Å²) in [4.78, 5) is 12.5. The average Bonchev–Trinajstić information content (AvgIpc) is 2.43. The maximum atomic E-state index is 12.5. The molecular weight excluding hydrogens is 208 g/mol. The standard InChI is InChI=1S/C16H28O/c1-8-9-11-10-12(15(2,3)4)13(14(11)17)16(5,6)7/h10,12-13H,8-9H2,1-7H3. The van der Waals surface area contributed by atoms with E-state index in [1.165, 1.54) is 0 Å². The van der Waals surface area contributed by atoms with Gasteiger partial charge in [0.2, 0.25) is 0 Å². The van der Waals surface area contributed by atoms with Crippen molar-refractivity contribution in [3.05, 3.63) is 11.6 Å². The van der Waals surface area contributed by atoms with Crippen LogP contribution in [0.25, 0.3) is 0 Å². The van der Waals surface area contributed by atoms with Crippen LogP contribution in [0.3, 0.4) is 0 Å². The van der Waals surface area contributed by atoms with Crippen molar-refractivity contribution in [2.24, 2.45) is 22.7 Å². The summed E-state index contributed by atoms with van der Waals surface area (Å²) in [5, 5.41) is 0. The summed E-state index contributed by atoms with van der Waals surface area (Å²) in [6, 6.07) is 0. The lowest BCUT2D eigenvalue weighted by molar-refractivity contribution is -0.124. The minimum absolute atomic E-state index is 0.0566. The first kappa shape index (κ1) is 14.5. The molecule has 1 nitrogen and oxygen atoms in total. The number of allylic oxidation sites excluding steroid dienone is 2. The Morgan fingerprint density at radius 1 is 1.06 bits per heavy atom. The van der Waals surface area contributed by atoms with Gasteiger partial charge in [0.05, 0.1) is 0 Å². The van der Waals surface area contributed by atoms with Crippen LogP contribution in [0.4, 0.5) is 0 Å². The smallest absolute Gasteiger partial charge is 0.162 e. The molecule has 0 aromatic heterocycles. The molecule has 2 atom stereocenters. The predicted molar refractivity (Wildman–Crippen MR) is 73.9 cm³/mol. The molecule has 0 aliphatic heterocycles. The Kier molecular flexibility index (Phi) is 3.91. The quantitative estimate of drug-likeness (QED) is 0.683. The molecule has 17 heavy (non-hydrogen) atoms. The number of Topliss-reactive ketones (excluding diaryl/α,β-unsaturated/α-hetero) is 1. The first-order valence-electron chi connectivity index (χ1n) is 6.84. The third kappa shape index (κ3) is 3.00. The van der Waals surface area contributed by atoms with Crippen molar-refractivity contribution >= 4 is 5.78 Å². The lowest BCUT2D eigenvalue weighted by Gasteiger charge is -2.38. The van der Waals surface area contributed by atoms with E-state index in [0.717, 1.165) is 18.4 Å². The summed E-state index contributed by atoms with van der Waals surface area (Å²) >= 11 is 0. The number of hydrogen-bond acceptors (Lipinski definition) is 1. The van der Waals surface area contributed by atoms with Crippen molar-refractivity contribution < 1.29 is 4.79 Å². The molecule has 0 saturated carbocycles. The van der Waals surface area contributed by atoms with E-state index in [-0.39, 0.29) is 16.7 Å². The van der Waals surface area contributed by atoms with E-state index in [4.69, 9.17) is 0 Å². The highest BCUT2D eigenvalue weighted by molar-refractivity contribution is 6.00. The van der Waals surface area contributed by atoms with Crippen LogP contribution < -0.4 is 0 Å². The number of ketones is 1. The van der Waals surface area contributed by atoms with Crippen LogP contribution in [0.2, 0.25) is 0 Å². The Bertz CT molecular complexity index is 322. The largest absolute Gasteiger partial charge is 0.294 e. The van der Waals surface area contributed by atoms with Gasteiger partial charge in [0, 0.05) is 5.92 Å². The van der Waals surface area contributed by atoms with E-state index in [1.807, 2.05) is 0 Å². The highest BCUT2D eigenvalue weighted by atomic mass is 16.1. The van der Waals surface area contributed by atoms with Crippen molar-refractivity contribution in [2.45, 2.75) is 61.3 Å². The Balaban J connectivity index is 3.10. The van der Waals surface area contributed by atoms with Gasteiger partial charge in [-0.2, -0.15) is 0 Å². The molecule has 0 bridgehead atoms. The fraction of sp³-hybridized carbons (Fsp3) is 0.812. The molecule has 0 heterocycles. The first-order chi connectivity index (χ1) is 7.59. The van der Waals surface area contributed by atoms with E-state index in [9.17, 15) is 4.79 Å². The van der Waals surface area contributed by atoms with Gasteiger partial charge in [0.1, 0.15) is 0 Å². The van der Waals surface area contributed by atoms with Gasteiger partial charge in [0.25, 0.3) is 0 Å². The van der Waals surface area contributed by atoms with Gasteiger partial charge in [-0.3, -0.25) is 4.79 Å². The molecule has 0 spiro atoms. The predicted octanol–water partition coefficient (Wildman–Crippen LogP) is 4.62. The molecule has 1 aliphatic rings. The fourth-order valence-electron chi connectivity index (χ4n) is 2.92. The van der Waals surface area contributed by atoms with Crippen LogP contribution in [-0.2, 0) is 4.79 Å². The second-order valence-corrected chi connectivity index (χ2v) is 7.54. The molecule has 0 aromatic carbocycles. The summed E-state index contributed by atoms with van der Waals surface area (Å²) in [6.07, 6.45) is 4.27. The Morgan fingerprint density at radius 3 is 1.88 bits per heavy atom. The lowest BCUT2D eigenvalue weighted by atomic mass is 9.65. The van der Waals surface area contributed by atoms with Crippen LogP contribution in [0.5, 0.6) is 0 Å². The molecule has 1 heteroatoms. The minimum atomic E-state index is 0.0566. The van der Waals surface area contributed by atoms with Gasteiger partial charge in [-0.1, -0.05) is 61.0 Å². The molecule has 2 unspecified atom stereocenters. The van der Waals surface area contributed by atoms with Gasteiger partial charge in [0.15, 0.2) is 5.78 Å². The second-order valence-electron chi connectivity index (χ2n) is 7.54. The van der Waals surface area contributed by atoms with Crippen LogP contribution in [-0.4, -0.2) is 5.78 Å². The zero-order chi connectivity index (χ0) is 13.4. The molecule has 0 fully saturated rings. The first-order valence-corrected chi connectivity index (χ1v) is 6.84. The molecule has 0 N–H and O–H groups in total. The minimum Gasteiger partial charge on any atom is -0.294 e. The van der Waals surface area contributed by atoms with Gasteiger partial charge in [-0.25, -0.2) is 0 Å². The lowest BCUT2D eigenvalue weighted by Crippen LogP contribution is -2.36. The van der Waals surface area contributed by atoms with Gasteiger partial charge >= 0.3 is 0 Å². The summed E-state index contributed by atoms with van der Waals surface area (Å²) in [5.74, 6) is 0.944. The number of hydrogen-bond donors (Lipinski definition) is 0. The number of carbonyl (C=O) groups excluding carboxylic acids is 1. The van der Waals surface area contributed by atoms with Crippen LogP contribution in [0.15, 0.2) is 11.6 Å². The Labute approximate surface area is 107 Å². The van der Waals surface area contributed by atoms with Crippen LogP contribution in [0.1, 0.15) is 61.3 Å². The molecule has 98 valence electrons. The summed E-state index contributed by atoms with van der Waals surface area (Å²) in [5.41, 5.74) is 1.30. The van der Waals surface area contributed by atoms with Gasteiger partial charge < -0.3 is 0 Å². The fourth-order valence-corrected chi connectivity index (χ4v) is 2.92. The summed E-state index contributed by atoms with van der Waals surface area (Å²) < 4.78 is 0. The van der Waals surface area contributed by atoms with Crippen molar-refractivity contribution in [2.75, 3.05) is 0 Å². The zero-order valence-electron chi connectivity index (χ0n) is 12.6. The molecule has 0 aromatic rings. The maximum Gasteiger partial charge on any atom is 0.162 e. The Hall–Kier alpha value is -0.590. The van der Waals surface area contributed by atoms with Crippen LogP contribution >= 0.6 is 0 Å². The number of carbonyl (C=O) groups is 1. The molecular formula is C16H28O. The topological polar surface area (TPSA) is 17.1 Å². The third-order valence-corrected chi connectivity index (χ3v) is 3.79. The van der Waals surface area contributed by atoms with E-state index in [2.05, 4.69) is 54.5 Å². The summed E-state index contributed by atoms with van der Waals surface area (Å²) in [7, 11) is 0. The van der Waals surface area contributed by atoms with Crippen molar-refractivity contribution in [3.8, 4) is 0 Å². The van der Waals surface area contributed by atoms with Gasteiger partial charge in [-0.05, 0) is 28.7 Å². The highest BCUT2D eigenvalue weighted by Crippen LogP contribution is 2.48. The van der Waals surface area contributed by atoms with E-state index in [1.54, 1.807) is 0 Å². The van der Waals surface area contributed by atoms with E-state index in [0.29, 0.717) is 11.7 Å². The van der Waals surface area contributed by atoms with E-state index >= 15 is 0 Å². The van der Waals surface area contributed by atoms with E-state index < -0.39 is 0 Å². The molecule has 1 rings (SSSR count). The Morgan fingerprint density at radius 2 is 1.59 bits per heavy atom. The molecule has 0 amide bonds. The molecule has 1 aliphatic carbocycles.